The molecule has 1 heterocycles. The van der Waals surface area contributed by atoms with Crippen LogP contribution in [0.3, 0.4) is 0 Å². The number of hydrogen-bond acceptors (Lipinski definition) is 3. The number of benzene rings is 1. The predicted octanol–water partition coefficient (Wildman–Crippen LogP) is 2.18. The first-order chi connectivity index (χ1) is 11.0. The van der Waals surface area contributed by atoms with E-state index in [2.05, 4.69) is 5.32 Å². The van der Waals surface area contributed by atoms with Crippen LogP contribution in [0.4, 0.5) is 0 Å². The molecule has 1 saturated heterocycles. The summed E-state index contributed by atoms with van der Waals surface area (Å²) in [6.45, 7) is 5.96. The molecule has 134 valence electrons. The van der Waals surface area contributed by atoms with E-state index in [1.54, 1.807) is 4.90 Å². The summed E-state index contributed by atoms with van der Waals surface area (Å²) < 4.78 is 0. The maximum atomic E-state index is 12.5. The number of nitrogens with one attached hydrogen (secondary N) is 1. The minimum atomic E-state index is -0.624. The Morgan fingerprint density at radius 3 is 2.38 bits per heavy atom. The molecule has 0 bridgehead atoms. The van der Waals surface area contributed by atoms with E-state index >= 15 is 0 Å². The zero-order valence-electron chi connectivity index (χ0n) is 14.5. The van der Waals surface area contributed by atoms with E-state index in [-0.39, 0.29) is 30.1 Å². The zero-order chi connectivity index (χ0) is 16.8. The summed E-state index contributed by atoms with van der Waals surface area (Å²) in [6.07, 6.45) is 2.36. The number of nitrogens with zero attached hydrogens (tertiary/aromatic N) is 1. The number of amides is 2. The van der Waals surface area contributed by atoms with Gasteiger partial charge in [-0.15, -0.1) is 12.4 Å². The first-order valence-corrected chi connectivity index (χ1v) is 8.41. The first-order valence-electron chi connectivity index (χ1n) is 8.41. The fourth-order valence-corrected chi connectivity index (χ4v) is 2.87. The minimum absolute atomic E-state index is 0. The number of likely N-dealkylation sites (tertiary alicyclic amines) is 1. The topological polar surface area (TPSA) is 75.4 Å². The molecule has 6 heteroatoms. The van der Waals surface area contributed by atoms with Crippen molar-refractivity contribution in [3.63, 3.8) is 0 Å². The Labute approximate surface area is 150 Å². The van der Waals surface area contributed by atoms with Crippen LogP contribution in [0, 0.1) is 12.8 Å². The van der Waals surface area contributed by atoms with Crippen LogP contribution in [0.2, 0.25) is 0 Å². The lowest BCUT2D eigenvalue weighted by molar-refractivity contribution is -0.136. The van der Waals surface area contributed by atoms with Crippen molar-refractivity contribution in [2.75, 3.05) is 19.6 Å². The maximum Gasteiger partial charge on any atom is 0.244 e. The highest BCUT2D eigenvalue weighted by atomic mass is 35.5. The third kappa shape index (κ3) is 5.21. The molecule has 1 aromatic carbocycles. The number of aryl methyl sites for hydroxylation is 1. The van der Waals surface area contributed by atoms with E-state index in [0.29, 0.717) is 25.9 Å². The molecule has 3 N–H and O–H groups in total. The highest BCUT2D eigenvalue weighted by molar-refractivity contribution is 5.85. The van der Waals surface area contributed by atoms with Crippen LogP contribution in [0.5, 0.6) is 0 Å². The molecule has 0 radical (unpaired) electrons. The Morgan fingerprint density at radius 2 is 1.83 bits per heavy atom. The lowest BCUT2D eigenvalue weighted by Gasteiger charge is -2.33. The minimum Gasteiger partial charge on any atom is -0.356 e. The molecule has 5 nitrogen and oxygen atoms in total. The molecule has 0 aliphatic carbocycles. The number of piperidine rings is 1. The Morgan fingerprint density at radius 1 is 1.25 bits per heavy atom. The van der Waals surface area contributed by atoms with Crippen molar-refractivity contribution in [2.45, 2.75) is 39.2 Å². The number of hydrogen-bond donors (Lipinski definition) is 2. The molecule has 2 rings (SSSR count). The Balaban J connectivity index is 0.00000288. The fraction of sp³-hybridized carbons (Fsp3) is 0.556. The van der Waals surface area contributed by atoms with E-state index in [9.17, 15) is 9.59 Å². The maximum absolute atomic E-state index is 12.5. The van der Waals surface area contributed by atoms with Crippen LogP contribution < -0.4 is 11.1 Å². The summed E-state index contributed by atoms with van der Waals surface area (Å²) in [5.74, 6) is 0.0734. The number of rotatable bonds is 5. The molecule has 1 aliphatic heterocycles. The van der Waals surface area contributed by atoms with Gasteiger partial charge >= 0.3 is 0 Å². The third-order valence-corrected chi connectivity index (χ3v) is 4.43. The van der Waals surface area contributed by atoms with Crippen LogP contribution >= 0.6 is 12.4 Å². The number of carbonyl (C=O) groups is 2. The summed E-state index contributed by atoms with van der Waals surface area (Å²) in [6, 6.07) is 7.12. The van der Waals surface area contributed by atoms with Gasteiger partial charge in [0.05, 0.1) is 0 Å². The van der Waals surface area contributed by atoms with Crippen LogP contribution in [0.15, 0.2) is 24.3 Å². The van der Waals surface area contributed by atoms with Crippen LogP contribution in [-0.4, -0.2) is 36.3 Å². The van der Waals surface area contributed by atoms with Gasteiger partial charge in [-0.3, -0.25) is 9.59 Å². The van der Waals surface area contributed by atoms with Gasteiger partial charge < -0.3 is 16.0 Å². The van der Waals surface area contributed by atoms with Gasteiger partial charge in [0.25, 0.3) is 0 Å². The average Bonchev–Trinajstić information content (AvgIpc) is 2.59. The molecule has 2 amide bonds. The quantitative estimate of drug-likeness (QED) is 0.851. The second-order valence-corrected chi connectivity index (χ2v) is 6.28. The fourth-order valence-electron chi connectivity index (χ4n) is 2.87. The summed E-state index contributed by atoms with van der Waals surface area (Å²) in [4.78, 5) is 26.3. The highest BCUT2D eigenvalue weighted by Crippen LogP contribution is 2.21. The first kappa shape index (κ1) is 20.5. The molecule has 1 unspecified atom stereocenters. The van der Waals surface area contributed by atoms with Crippen molar-refractivity contribution in [3.05, 3.63) is 35.4 Å². The van der Waals surface area contributed by atoms with Gasteiger partial charge in [-0.25, -0.2) is 0 Å². The Kier molecular flexibility index (Phi) is 8.22. The lowest BCUT2D eigenvalue weighted by Crippen LogP contribution is -2.46. The van der Waals surface area contributed by atoms with Gasteiger partial charge in [0.1, 0.15) is 6.04 Å². The van der Waals surface area contributed by atoms with Gasteiger partial charge in [-0.05, 0) is 31.7 Å². The normalized spacial score (nSPS) is 16.2. The zero-order valence-corrected chi connectivity index (χ0v) is 15.3. The highest BCUT2D eigenvalue weighted by Gasteiger charge is 2.29. The summed E-state index contributed by atoms with van der Waals surface area (Å²) in [5, 5.41) is 2.93. The van der Waals surface area contributed by atoms with Crippen LogP contribution in [0.25, 0.3) is 0 Å². The van der Waals surface area contributed by atoms with E-state index in [1.165, 1.54) is 0 Å². The van der Waals surface area contributed by atoms with Crippen LogP contribution in [0.1, 0.15) is 43.4 Å². The summed E-state index contributed by atoms with van der Waals surface area (Å²) >= 11 is 0. The van der Waals surface area contributed by atoms with Gasteiger partial charge in [0, 0.05) is 25.6 Å². The molecular weight excluding hydrogens is 326 g/mol. The van der Waals surface area contributed by atoms with E-state index in [4.69, 9.17) is 5.73 Å². The largest absolute Gasteiger partial charge is 0.356 e. The Hall–Kier alpha value is -1.59. The molecule has 0 aromatic heterocycles. The van der Waals surface area contributed by atoms with Gasteiger partial charge in [-0.2, -0.15) is 0 Å². The molecule has 1 aromatic rings. The van der Waals surface area contributed by atoms with E-state index in [1.807, 2.05) is 38.1 Å². The molecule has 1 fully saturated rings. The van der Waals surface area contributed by atoms with E-state index < -0.39 is 6.04 Å². The SMILES string of the molecule is CCCNC(=O)C1CCN(C(=O)C(N)c2ccc(C)cc2)CC1.Cl. The van der Waals surface area contributed by atoms with Crippen molar-refractivity contribution >= 4 is 24.2 Å². The van der Waals surface area contributed by atoms with Crippen LogP contribution in [-0.2, 0) is 9.59 Å². The standard InChI is InChI=1S/C18H27N3O2.ClH/c1-3-10-20-17(22)15-8-11-21(12-9-15)18(23)16(19)14-6-4-13(2)5-7-14;/h4-7,15-16H,3,8-12,19H2,1-2H3,(H,20,22);1H. The van der Waals surface area contributed by atoms with Crippen molar-refractivity contribution in [3.8, 4) is 0 Å². The summed E-state index contributed by atoms with van der Waals surface area (Å²) in [7, 11) is 0. The number of carbonyl (C=O) groups excluding carboxylic acids is 2. The summed E-state index contributed by atoms with van der Waals surface area (Å²) in [5.41, 5.74) is 8.09. The average molecular weight is 354 g/mol. The monoisotopic (exact) mass is 353 g/mol. The molecule has 0 spiro atoms. The van der Waals surface area contributed by atoms with Crippen molar-refractivity contribution < 1.29 is 9.59 Å². The molecule has 1 aliphatic rings. The Bertz CT molecular complexity index is 540. The molecule has 1 atom stereocenters. The number of halogens is 1. The van der Waals surface area contributed by atoms with Gasteiger partial charge in [-0.1, -0.05) is 36.8 Å². The second kappa shape index (κ2) is 9.64. The smallest absolute Gasteiger partial charge is 0.244 e. The predicted molar refractivity (Wildman–Crippen MR) is 98.0 cm³/mol. The molecular formula is C18H28ClN3O2. The van der Waals surface area contributed by atoms with Crippen molar-refractivity contribution in [2.24, 2.45) is 11.7 Å². The van der Waals surface area contributed by atoms with E-state index in [0.717, 1.165) is 24.1 Å². The van der Waals surface area contributed by atoms with Gasteiger partial charge in [0.15, 0.2) is 0 Å². The molecule has 24 heavy (non-hydrogen) atoms. The molecule has 0 saturated carbocycles. The number of nitrogens with two attached hydrogens (primary N) is 1. The third-order valence-electron chi connectivity index (χ3n) is 4.43. The van der Waals surface area contributed by atoms with Crippen molar-refractivity contribution in [1.82, 2.24) is 10.2 Å². The second-order valence-electron chi connectivity index (χ2n) is 6.28. The van der Waals surface area contributed by atoms with Crippen molar-refractivity contribution in [1.29, 1.82) is 0 Å². The van der Waals surface area contributed by atoms with Gasteiger partial charge in [0.2, 0.25) is 11.8 Å². The lowest BCUT2D eigenvalue weighted by atomic mass is 9.95.